The number of primary amides is 1. The number of nitrogens with two attached hydrogens (primary N) is 1. The molecule has 0 spiro atoms. The monoisotopic (exact) mass is 456 g/mol. The lowest BCUT2D eigenvalue weighted by Crippen LogP contribution is -2.39. The number of rotatable bonds is 6. The Morgan fingerprint density at radius 2 is 1.85 bits per heavy atom. The van der Waals surface area contributed by atoms with Crippen LogP contribution >= 0.6 is 0 Å². The van der Waals surface area contributed by atoms with Crippen LogP contribution < -0.4 is 10.5 Å². The number of aromatic nitrogens is 4. The first-order valence-electron chi connectivity index (χ1n) is 11.2. The summed E-state index contributed by atoms with van der Waals surface area (Å²) < 4.78 is 7.40. The van der Waals surface area contributed by atoms with Gasteiger partial charge in [0.25, 0.3) is 11.8 Å². The maximum atomic E-state index is 13.0. The molecule has 0 radical (unpaired) electrons. The molecule has 4 heterocycles. The van der Waals surface area contributed by atoms with Gasteiger partial charge in [-0.2, -0.15) is 5.10 Å². The Labute approximate surface area is 196 Å². The van der Waals surface area contributed by atoms with Crippen molar-refractivity contribution in [3.63, 3.8) is 0 Å². The van der Waals surface area contributed by atoms with Crippen LogP contribution in [0, 0.1) is 5.92 Å². The number of pyridine rings is 2. The average Bonchev–Trinajstić information content (AvgIpc) is 3.37. The number of benzene rings is 1. The summed E-state index contributed by atoms with van der Waals surface area (Å²) in [6.45, 7) is 2.04. The molecule has 1 fully saturated rings. The SMILES string of the molecule is NC(=O)c1ccc(-c2ccc(C(=O)N3CCC(COc4cccnc4)CC3)cc2)n2ncnc12. The van der Waals surface area contributed by atoms with Crippen LogP contribution in [0.3, 0.4) is 0 Å². The fraction of sp³-hybridized carbons (Fsp3) is 0.240. The largest absolute Gasteiger partial charge is 0.492 e. The quantitative estimate of drug-likeness (QED) is 0.477. The molecule has 34 heavy (non-hydrogen) atoms. The van der Waals surface area contributed by atoms with E-state index in [0.29, 0.717) is 42.4 Å². The standard InChI is InChI=1S/C25H24N6O3/c26-23(32)21-7-8-22(31-24(21)28-16-29-31)18-3-5-19(6-4-18)25(33)30-12-9-17(10-13-30)15-34-20-2-1-11-27-14-20/h1-8,11,14,16-17H,9-10,12-13,15H2,(H2,26,32). The predicted molar refractivity (Wildman–Crippen MR) is 125 cm³/mol. The third-order valence-electron chi connectivity index (χ3n) is 6.14. The number of hydrogen-bond donors (Lipinski definition) is 1. The van der Waals surface area contributed by atoms with Gasteiger partial charge in [0.1, 0.15) is 12.1 Å². The highest BCUT2D eigenvalue weighted by atomic mass is 16.5. The van der Waals surface area contributed by atoms with Gasteiger partial charge in [-0.05, 0) is 55.2 Å². The van der Waals surface area contributed by atoms with Crippen LogP contribution in [0.4, 0.5) is 0 Å². The summed E-state index contributed by atoms with van der Waals surface area (Å²) in [4.78, 5) is 34.8. The first kappa shape index (κ1) is 21.6. The van der Waals surface area contributed by atoms with Crippen LogP contribution in [0.5, 0.6) is 5.75 Å². The van der Waals surface area contributed by atoms with Gasteiger partial charge in [0.2, 0.25) is 0 Å². The third-order valence-corrected chi connectivity index (χ3v) is 6.14. The van der Waals surface area contributed by atoms with Gasteiger partial charge in [0.05, 0.1) is 24.1 Å². The van der Waals surface area contributed by atoms with Crippen molar-refractivity contribution in [1.29, 1.82) is 0 Å². The van der Waals surface area contributed by atoms with Gasteiger partial charge >= 0.3 is 0 Å². The van der Waals surface area contributed by atoms with Crippen LogP contribution in [-0.2, 0) is 0 Å². The van der Waals surface area contributed by atoms with Gasteiger partial charge in [0, 0.05) is 30.4 Å². The van der Waals surface area contributed by atoms with Gasteiger partial charge in [0.15, 0.2) is 5.65 Å². The number of likely N-dealkylation sites (tertiary alicyclic amines) is 1. The molecule has 0 atom stereocenters. The fourth-order valence-corrected chi connectivity index (χ4v) is 4.24. The number of nitrogens with zero attached hydrogens (tertiary/aromatic N) is 5. The topological polar surface area (TPSA) is 116 Å². The highest BCUT2D eigenvalue weighted by Crippen LogP contribution is 2.24. The number of carbonyl (C=O) groups excluding carboxylic acids is 2. The lowest BCUT2D eigenvalue weighted by molar-refractivity contribution is 0.0661. The second kappa shape index (κ2) is 9.30. The predicted octanol–water partition coefficient (Wildman–Crippen LogP) is 2.82. The zero-order valence-corrected chi connectivity index (χ0v) is 18.5. The normalized spacial score (nSPS) is 14.3. The third kappa shape index (κ3) is 4.32. The zero-order valence-electron chi connectivity index (χ0n) is 18.5. The molecule has 3 aromatic heterocycles. The minimum Gasteiger partial charge on any atom is -0.492 e. The highest BCUT2D eigenvalue weighted by Gasteiger charge is 2.24. The molecule has 9 heteroatoms. The van der Waals surface area contributed by atoms with E-state index < -0.39 is 5.91 Å². The van der Waals surface area contributed by atoms with Crippen molar-refractivity contribution >= 4 is 17.5 Å². The summed E-state index contributed by atoms with van der Waals surface area (Å²) in [5.41, 5.74) is 8.39. The van der Waals surface area contributed by atoms with E-state index in [2.05, 4.69) is 15.1 Å². The molecule has 1 aliphatic rings. The van der Waals surface area contributed by atoms with Crippen molar-refractivity contribution in [2.75, 3.05) is 19.7 Å². The minimum absolute atomic E-state index is 0.0214. The van der Waals surface area contributed by atoms with E-state index in [1.165, 1.54) is 6.33 Å². The molecule has 5 rings (SSSR count). The van der Waals surface area contributed by atoms with Crippen molar-refractivity contribution in [1.82, 2.24) is 24.5 Å². The molecule has 1 aromatic carbocycles. The molecule has 0 aliphatic carbocycles. The van der Waals surface area contributed by atoms with E-state index in [0.717, 1.165) is 29.8 Å². The molecule has 1 saturated heterocycles. The second-order valence-electron chi connectivity index (χ2n) is 8.30. The first-order chi connectivity index (χ1) is 16.6. The first-order valence-corrected chi connectivity index (χ1v) is 11.2. The molecule has 9 nitrogen and oxygen atoms in total. The second-order valence-corrected chi connectivity index (χ2v) is 8.30. The van der Waals surface area contributed by atoms with Crippen molar-refractivity contribution in [2.24, 2.45) is 11.7 Å². The molecular formula is C25H24N6O3. The minimum atomic E-state index is -0.557. The van der Waals surface area contributed by atoms with E-state index in [-0.39, 0.29) is 5.91 Å². The number of ether oxygens (including phenoxy) is 1. The zero-order chi connectivity index (χ0) is 23.5. The smallest absolute Gasteiger partial charge is 0.253 e. The molecule has 1 aliphatic heterocycles. The van der Waals surface area contributed by atoms with Gasteiger partial charge in [-0.1, -0.05) is 12.1 Å². The Balaban J connectivity index is 1.23. The van der Waals surface area contributed by atoms with Crippen LogP contribution in [0.25, 0.3) is 16.9 Å². The summed E-state index contributed by atoms with van der Waals surface area (Å²) in [6, 6.07) is 14.6. The Morgan fingerprint density at radius 1 is 1.06 bits per heavy atom. The number of carbonyl (C=O) groups is 2. The molecule has 172 valence electrons. The van der Waals surface area contributed by atoms with Crippen molar-refractivity contribution < 1.29 is 14.3 Å². The Kier molecular flexibility index (Phi) is 5.90. The Morgan fingerprint density at radius 3 is 2.56 bits per heavy atom. The highest BCUT2D eigenvalue weighted by molar-refractivity contribution is 5.99. The molecule has 2 N–H and O–H groups in total. The van der Waals surface area contributed by atoms with E-state index in [4.69, 9.17) is 10.5 Å². The van der Waals surface area contributed by atoms with Gasteiger partial charge in [-0.25, -0.2) is 9.50 Å². The summed E-state index contributed by atoms with van der Waals surface area (Å²) in [7, 11) is 0. The lowest BCUT2D eigenvalue weighted by atomic mass is 9.97. The number of fused-ring (bicyclic) bond motifs is 1. The van der Waals surface area contributed by atoms with Crippen molar-refractivity contribution in [2.45, 2.75) is 12.8 Å². The molecule has 0 bridgehead atoms. The van der Waals surface area contributed by atoms with Gasteiger partial charge in [-0.3, -0.25) is 14.6 Å². The summed E-state index contributed by atoms with van der Waals surface area (Å²) in [5.74, 6) is 0.652. The summed E-state index contributed by atoms with van der Waals surface area (Å²) >= 11 is 0. The Hall–Kier alpha value is -4.27. The van der Waals surface area contributed by atoms with Gasteiger partial charge < -0.3 is 15.4 Å². The molecular weight excluding hydrogens is 432 g/mol. The molecule has 0 unspecified atom stereocenters. The van der Waals surface area contributed by atoms with E-state index in [9.17, 15) is 9.59 Å². The molecule has 2 amide bonds. The molecule has 4 aromatic rings. The van der Waals surface area contributed by atoms with Crippen molar-refractivity contribution in [3.8, 4) is 17.0 Å². The molecule has 0 saturated carbocycles. The van der Waals surface area contributed by atoms with E-state index in [1.54, 1.807) is 29.0 Å². The number of amides is 2. The number of piperidine rings is 1. The summed E-state index contributed by atoms with van der Waals surface area (Å²) in [5, 5.41) is 4.22. The van der Waals surface area contributed by atoms with Crippen molar-refractivity contribution in [3.05, 3.63) is 78.4 Å². The summed E-state index contributed by atoms with van der Waals surface area (Å²) in [6.07, 6.45) is 6.62. The Bertz CT molecular complexity index is 1310. The lowest BCUT2D eigenvalue weighted by Gasteiger charge is -2.32. The van der Waals surface area contributed by atoms with Crippen LogP contribution in [-0.4, -0.2) is 56.0 Å². The van der Waals surface area contributed by atoms with E-state index in [1.807, 2.05) is 41.3 Å². The van der Waals surface area contributed by atoms with Crippen LogP contribution in [0.2, 0.25) is 0 Å². The van der Waals surface area contributed by atoms with E-state index >= 15 is 0 Å². The average molecular weight is 457 g/mol. The van der Waals surface area contributed by atoms with Crippen LogP contribution in [0.1, 0.15) is 33.6 Å². The maximum Gasteiger partial charge on any atom is 0.253 e. The van der Waals surface area contributed by atoms with Gasteiger partial charge in [-0.15, -0.1) is 0 Å². The van der Waals surface area contributed by atoms with Crippen LogP contribution in [0.15, 0.2) is 67.3 Å². The fourth-order valence-electron chi connectivity index (χ4n) is 4.24. The number of hydrogen-bond acceptors (Lipinski definition) is 6. The maximum absolute atomic E-state index is 13.0.